The van der Waals surface area contributed by atoms with Crippen molar-refractivity contribution in [2.24, 2.45) is 0 Å². The average molecular weight is 638 g/mol. The zero-order valence-corrected chi connectivity index (χ0v) is 30.4. The Balaban J connectivity index is -0.0000000619. The van der Waals surface area contributed by atoms with Gasteiger partial charge >= 0.3 is 151 Å². The van der Waals surface area contributed by atoms with Crippen LogP contribution in [0.4, 0.5) is 30.7 Å². The van der Waals surface area contributed by atoms with Gasteiger partial charge in [0.2, 0.25) is 0 Å². The van der Waals surface area contributed by atoms with Crippen LogP contribution in [0.3, 0.4) is 0 Å². The molecular weight excluding hydrogens is 627 g/mol. The number of hydrogen-bond donors (Lipinski definition) is 0. The van der Waals surface area contributed by atoms with Crippen molar-refractivity contribution in [1.82, 2.24) is 0 Å². The maximum Gasteiger partial charge on any atom is 1.00 e. The number of hydrogen-bond acceptors (Lipinski definition) is 10. The molecule has 0 heterocycles. The predicted octanol–water partition coefficient (Wildman–Crippen LogP) is -11.5. The van der Waals surface area contributed by atoms with Gasteiger partial charge in [0.1, 0.15) is 0 Å². The van der Waals surface area contributed by atoms with Gasteiger partial charge in [-0.1, -0.05) is 0 Å². The van der Waals surface area contributed by atoms with E-state index in [4.69, 9.17) is 13.0 Å². The summed E-state index contributed by atoms with van der Waals surface area (Å²) in [7, 11) is -20.4. The molecule has 0 radical (unpaired) electrons. The smallest absolute Gasteiger partial charge is 0.748 e. The third-order valence-corrected chi connectivity index (χ3v) is 4.74. The molecule has 0 rings (SSSR count). The van der Waals surface area contributed by atoms with Crippen molar-refractivity contribution in [3.8, 4) is 0 Å². The fourth-order valence-electron chi connectivity index (χ4n) is 0.670. The van der Waals surface area contributed by atoms with Crippen LogP contribution in [0.1, 0.15) is 13.3 Å². The standard InChI is InChI=1S/C4H6F4O3S.C2H3F3NO4S2.CH4O3S.K.3Na/c1-3(5,6)2-4(7,8)12(9,10)11;1-11(7,8)6-12(9,10)2(3,4)5;1-5(2,3)4;;;;/h2H2,1H3,(H,9,10,11);1H3;1H3,(H,2,3,4);;;;/q;-1;;4*+1/p-2. The normalized spacial score (nSPS) is 12.5. The van der Waals surface area contributed by atoms with Crippen LogP contribution in [0.15, 0.2) is 0 Å². The molecule has 26 heteroatoms. The third kappa shape index (κ3) is 35.8. The quantitative estimate of drug-likeness (QED) is 0.158. The topological polar surface area (TPSA) is 197 Å². The van der Waals surface area contributed by atoms with E-state index in [9.17, 15) is 60.5 Å². The van der Waals surface area contributed by atoms with E-state index >= 15 is 0 Å². The molecule has 0 aliphatic carbocycles. The second-order valence-electron chi connectivity index (χ2n) is 4.77. The molecule has 0 amide bonds. The fraction of sp³-hybridized carbons (Fsp3) is 1.00. The summed E-state index contributed by atoms with van der Waals surface area (Å²) in [6.45, 7) is 0.103. The van der Waals surface area contributed by atoms with Crippen LogP contribution in [0, 0.1) is 0 Å². The van der Waals surface area contributed by atoms with E-state index in [0.717, 1.165) is 0 Å². The monoisotopic (exact) mass is 638 g/mol. The first-order chi connectivity index (χ1) is 11.9. The Morgan fingerprint density at radius 1 is 0.727 bits per heavy atom. The van der Waals surface area contributed by atoms with Gasteiger partial charge in [-0.3, -0.25) is 0 Å². The number of alkyl halides is 7. The molecule has 0 atom stereocenters. The van der Waals surface area contributed by atoms with E-state index in [1.807, 2.05) is 0 Å². The van der Waals surface area contributed by atoms with Crippen molar-refractivity contribution in [1.29, 1.82) is 0 Å². The second kappa shape index (κ2) is 19.0. The summed E-state index contributed by atoms with van der Waals surface area (Å²) < 4.78 is 180. The third-order valence-electron chi connectivity index (χ3n) is 1.41. The summed E-state index contributed by atoms with van der Waals surface area (Å²) in [5, 5.41) is -4.91. The molecule has 11 nitrogen and oxygen atoms in total. The molecule has 33 heavy (non-hydrogen) atoms. The van der Waals surface area contributed by atoms with Crippen molar-refractivity contribution in [2.75, 3.05) is 12.5 Å². The Kier molecular flexibility index (Phi) is 30.6. The van der Waals surface area contributed by atoms with Crippen LogP contribution in [0.25, 0.3) is 4.13 Å². The maximum atomic E-state index is 12.0. The molecule has 0 spiro atoms. The average Bonchev–Trinajstić information content (AvgIpc) is 2.15. The number of sulfonamides is 2. The van der Waals surface area contributed by atoms with Gasteiger partial charge in [0.15, 0.2) is 20.1 Å². The van der Waals surface area contributed by atoms with Crippen molar-refractivity contribution >= 4 is 40.3 Å². The molecule has 0 fully saturated rings. The zero-order valence-electron chi connectivity index (χ0n) is 18.0. The van der Waals surface area contributed by atoms with Crippen LogP contribution < -0.4 is 140 Å². The minimum atomic E-state index is -6.00. The van der Waals surface area contributed by atoms with Crippen molar-refractivity contribution in [3.05, 3.63) is 4.13 Å². The molecule has 0 N–H and O–H groups in total. The van der Waals surface area contributed by atoms with Gasteiger partial charge in [-0.2, -0.15) is 22.0 Å². The van der Waals surface area contributed by atoms with Gasteiger partial charge in [-0.25, -0.2) is 42.5 Å². The molecule has 0 bridgehead atoms. The summed E-state index contributed by atoms with van der Waals surface area (Å²) in [5.41, 5.74) is -5.67. The molecule has 0 unspecified atom stereocenters. The minimum absolute atomic E-state index is 0. The number of nitrogens with zero attached hydrogens (tertiary/aromatic N) is 1. The van der Waals surface area contributed by atoms with E-state index < -0.39 is 63.4 Å². The molecule has 0 aromatic carbocycles. The van der Waals surface area contributed by atoms with Gasteiger partial charge in [-0.15, -0.1) is 0 Å². The SMILES string of the molecule is CC(F)(F)CC(F)(F)S(=O)(=O)[O-].CS(=O)(=O)[N-]S(=O)(=O)C(F)(F)F.CS(=O)(=O)[O-].[K+].[Na+].[Na+].[Na+]. The Morgan fingerprint density at radius 2 is 0.970 bits per heavy atom. The Morgan fingerprint density at radius 3 is 1.03 bits per heavy atom. The summed E-state index contributed by atoms with van der Waals surface area (Å²) >= 11 is 0. The molecule has 0 aromatic heterocycles. The summed E-state index contributed by atoms with van der Waals surface area (Å²) in [6, 6.07) is 0. The van der Waals surface area contributed by atoms with Crippen molar-refractivity contribution < 1.29 is 214 Å². The van der Waals surface area contributed by atoms with E-state index in [1.165, 1.54) is 0 Å². The molecule has 0 aliphatic heterocycles. The number of halogens is 7. The fourth-order valence-corrected chi connectivity index (χ4v) is 2.86. The molecule has 0 saturated carbocycles. The van der Waals surface area contributed by atoms with Gasteiger partial charge in [0.25, 0.3) is 5.92 Å². The Bertz CT molecular complexity index is 958. The van der Waals surface area contributed by atoms with Crippen molar-refractivity contribution in [2.45, 2.75) is 30.0 Å². The Labute approximate surface area is 295 Å². The number of rotatable bonds is 5. The zero-order chi connectivity index (χ0) is 24.9. The van der Waals surface area contributed by atoms with E-state index in [2.05, 4.69) is 0 Å². The van der Waals surface area contributed by atoms with Crippen LogP contribution >= 0.6 is 0 Å². The molecule has 0 saturated heterocycles. The van der Waals surface area contributed by atoms with E-state index in [0.29, 0.717) is 6.26 Å². The largest absolute Gasteiger partial charge is 1.00 e. The summed E-state index contributed by atoms with van der Waals surface area (Å²) in [6.07, 6.45) is -1.44. The molecule has 0 aliphatic rings. The van der Waals surface area contributed by atoms with E-state index in [-0.39, 0.29) is 153 Å². The van der Waals surface area contributed by atoms with Gasteiger partial charge < -0.3 is 13.2 Å². The van der Waals surface area contributed by atoms with Gasteiger partial charge in [-0.05, 0) is 6.92 Å². The van der Waals surface area contributed by atoms with Gasteiger partial charge in [0, 0.05) is 12.5 Å². The first-order valence-corrected chi connectivity index (χ1v) is 12.3. The predicted molar refractivity (Wildman–Crippen MR) is 78.7 cm³/mol. The first kappa shape index (κ1) is 53.1. The maximum absolute atomic E-state index is 12.0. The molecular formula is C7H11F7KNNa3O10S4+. The van der Waals surface area contributed by atoms with Crippen LogP contribution in [0.5, 0.6) is 0 Å². The summed E-state index contributed by atoms with van der Waals surface area (Å²) in [5.74, 6) is -3.89. The molecule has 0 aromatic rings. The molecule has 180 valence electrons. The Hall–Kier alpha value is 3.83. The van der Waals surface area contributed by atoms with Crippen LogP contribution in [0.2, 0.25) is 0 Å². The minimum Gasteiger partial charge on any atom is -0.748 e. The van der Waals surface area contributed by atoms with Crippen LogP contribution in [-0.2, 0) is 40.3 Å². The summed E-state index contributed by atoms with van der Waals surface area (Å²) in [4.78, 5) is 0. The first-order valence-electron chi connectivity index (χ1n) is 5.79. The van der Waals surface area contributed by atoms with Crippen LogP contribution in [-0.4, -0.2) is 72.0 Å². The van der Waals surface area contributed by atoms with Crippen molar-refractivity contribution in [3.63, 3.8) is 0 Å². The second-order valence-corrected chi connectivity index (χ2v) is 11.2. The van der Waals surface area contributed by atoms with E-state index in [1.54, 1.807) is 4.13 Å². The van der Waals surface area contributed by atoms with Gasteiger partial charge in [0.05, 0.1) is 26.6 Å².